The Morgan fingerprint density at radius 3 is 2.73 bits per heavy atom. The summed E-state index contributed by atoms with van der Waals surface area (Å²) in [6.45, 7) is 0.969. The van der Waals surface area contributed by atoms with Gasteiger partial charge in [0.25, 0.3) is 10.8 Å². The molecule has 0 unspecified atom stereocenters. The zero-order chi connectivity index (χ0) is 23.3. The smallest absolute Gasteiger partial charge is 0.332 e. The zero-order valence-corrected chi connectivity index (χ0v) is 18.8. The highest BCUT2D eigenvalue weighted by atomic mass is 32.1. The lowest BCUT2D eigenvalue weighted by Crippen LogP contribution is -2.43. The van der Waals surface area contributed by atoms with Crippen LogP contribution in [-0.2, 0) is 25.4 Å². The molecular weight excluding hydrogens is 451 g/mol. The predicted octanol–water partition coefficient (Wildman–Crippen LogP) is 1.25. The summed E-state index contributed by atoms with van der Waals surface area (Å²) in [5, 5.41) is 0.492. The summed E-state index contributed by atoms with van der Waals surface area (Å²) in [5.41, 5.74) is 0.211. The fraction of sp³-hybridized carbons (Fsp3) is 0.381. The fourth-order valence-corrected chi connectivity index (χ4v) is 4.96. The second-order valence-corrected chi connectivity index (χ2v) is 9.03. The Morgan fingerprint density at radius 1 is 1.21 bits per heavy atom. The van der Waals surface area contributed by atoms with Crippen LogP contribution < -0.4 is 16.0 Å². The number of hydrogen-bond acceptors (Lipinski definition) is 7. The number of imidazole rings is 1. The van der Waals surface area contributed by atoms with E-state index in [1.54, 1.807) is 11.0 Å². The van der Waals surface area contributed by atoms with Gasteiger partial charge in [-0.3, -0.25) is 18.7 Å². The third kappa shape index (κ3) is 3.80. The van der Waals surface area contributed by atoms with Crippen LogP contribution >= 0.6 is 11.3 Å². The van der Waals surface area contributed by atoms with Crippen LogP contribution in [0, 0.1) is 5.82 Å². The van der Waals surface area contributed by atoms with Crippen LogP contribution in [0.4, 0.5) is 4.39 Å². The molecule has 1 aliphatic heterocycles. The molecule has 0 radical (unpaired) electrons. The molecule has 4 heterocycles. The van der Waals surface area contributed by atoms with Crippen molar-refractivity contribution in [1.29, 1.82) is 0 Å². The van der Waals surface area contributed by atoms with Crippen LogP contribution in [0.2, 0.25) is 0 Å². The molecule has 3 aromatic heterocycles. The van der Waals surface area contributed by atoms with Gasteiger partial charge in [0.05, 0.1) is 16.5 Å². The number of aromatic nitrogens is 5. The Morgan fingerprint density at radius 2 is 1.97 bits per heavy atom. The number of carbonyl (C=O) groups excluding carboxylic acids is 1. The molecule has 1 aromatic carbocycles. The molecule has 1 aliphatic rings. The summed E-state index contributed by atoms with van der Waals surface area (Å²) in [4.78, 5) is 47.8. The number of piperidine rings is 1. The van der Waals surface area contributed by atoms with Gasteiger partial charge in [0.15, 0.2) is 11.2 Å². The molecule has 0 saturated carbocycles. The molecule has 4 aromatic rings. The molecule has 12 heteroatoms. The van der Waals surface area contributed by atoms with E-state index >= 15 is 0 Å². The van der Waals surface area contributed by atoms with Gasteiger partial charge in [-0.15, -0.1) is 0 Å². The first-order valence-corrected chi connectivity index (χ1v) is 11.2. The average Bonchev–Trinajstić information content (AvgIpc) is 3.40. The maximum absolute atomic E-state index is 13.4. The summed E-state index contributed by atoms with van der Waals surface area (Å²) in [7, 11) is 2.94. The van der Waals surface area contributed by atoms with Crippen molar-refractivity contribution in [2.75, 3.05) is 13.1 Å². The van der Waals surface area contributed by atoms with E-state index in [0.29, 0.717) is 36.6 Å². The van der Waals surface area contributed by atoms with E-state index in [4.69, 9.17) is 4.74 Å². The van der Waals surface area contributed by atoms with Crippen molar-refractivity contribution >= 4 is 38.6 Å². The molecule has 0 atom stereocenters. The predicted molar refractivity (Wildman–Crippen MR) is 120 cm³/mol. The Labute approximate surface area is 190 Å². The maximum atomic E-state index is 13.4. The minimum atomic E-state index is -0.485. The topological polar surface area (TPSA) is 104 Å². The average molecular weight is 473 g/mol. The number of likely N-dealkylation sites (tertiary alicyclic amines) is 1. The van der Waals surface area contributed by atoms with Crippen molar-refractivity contribution in [3.8, 4) is 5.19 Å². The number of amides is 1. The second-order valence-electron chi connectivity index (χ2n) is 8.04. The summed E-state index contributed by atoms with van der Waals surface area (Å²) < 4.78 is 23.9. The number of carbonyl (C=O) groups is 1. The maximum Gasteiger partial charge on any atom is 0.332 e. The van der Waals surface area contributed by atoms with Gasteiger partial charge in [0, 0.05) is 40.0 Å². The lowest BCUT2D eigenvalue weighted by Gasteiger charge is -2.31. The van der Waals surface area contributed by atoms with Gasteiger partial charge in [0.1, 0.15) is 18.5 Å². The Bertz CT molecular complexity index is 1490. The largest absolute Gasteiger partial charge is 0.467 e. The fourth-order valence-electron chi connectivity index (χ4n) is 4.06. The molecule has 5 rings (SSSR count). The van der Waals surface area contributed by atoms with E-state index < -0.39 is 11.2 Å². The molecule has 1 amide bonds. The van der Waals surface area contributed by atoms with Crippen molar-refractivity contribution in [2.24, 2.45) is 14.1 Å². The van der Waals surface area contributed by atoms with Gasteiger partial charge >= 0.3 is 5.69 Å². The number of thiazole rings is 1. The zero-order valence-electron chi connectivity index (χ0n) is 18.0. The minimum absolute atomic E-state index is 0.0428. The van der Waals surface area contributed by atoms with Gasteiger partial charge in [0.2, 0.25) is 5.91 Å². The van der Waals surface area contributed by atoms with Crippen LogP contribution in [0.3, 0.4) is 0 Å². The highest BCUT2D eigenvalue weighted by Gasteiger charge is 2.26. The Balaban J connectivity index is 1.24. The van der Waals surface area contributed by atoms with Gasteiger partial charge in [-0.05, 0) is 18.2 Å². The van der Waals surface area contributed by atoms with Gasteiger partial charge < -0.3 is 14.2 Å². The van der Waals surface area contributed by atoms with E-state index in [9.17, 15) is 18.8 Å². The van der Waals surface area contributed by atoms with Crippen LogP contribution in [0.1, 0.15) is 12.8 Å². The van der Waals surface area contributed by atoms with Crippen LogP contribution in [-0.4, -0.2) is 53.7 Å². The van der Waals surface area contributed by atoms with Crippen LogP contribution in [0.5, 0.6) is 5.19 Å². The monoisotopic (exact) mass is 472 g/mol. The van der Waals surface area contributed by atoms with Gasteiger partial charge in [-0.2, -0.15) is 0 Å². The van der Waals surface area contributed by atoms with Crippen molar-refractivity contribution in [3.05, 3.63) is 51.2 Å². The second kappa shape index (κ2) is 8.10. The lowest BCUT2D eigenvalue weighted by atomic mass is 10.1. The number of hydrogen-bond donors (Lipinski definition) is 0. The highest BCUT2D eigenvalue weighted by Crippen LogP contribution is 2.30. The molecule has 0 N–H and O–H groups in total. The van der Waals surface area contributed by atoms with Crippen LogP contribution in [0.25, 0.3) is 21.4 Å². The van der Waals surface area contributed by atoms with Crippen molar-refractivity contribution in [2.45, 2.75) is 25.5 Å². The first-order valence-electron chi connectivity index (χ1n) is 10.4. The summed E-state index contributed by atoms with van der Waals surface area (Å²) in [6, 6.07) is 4.43. The normalized spacial score (nSPS) is 14.9. The molecule has 0 bridgehead atoms. The van der Waals surface area contributed by atoms with Gasteiger partial charge in [-0.1, -0.05) is 11.3 Å². The van der Waals surface area contributed by atoms with E-state index in [1.807, 2.05) is 0 Å². The summed E-state index contributed by atoms with van der Waals surface area (Å²) in [5.74, 6) is -0.450. The molecule has 33 heavy (non-hydrogen) atoms. The standard InChI is InChI=1S/C21H21FN6O4S/c1-25-18-17(19(30)26(2)21(25)31)28(11-23-18)10-16(29)27-7-5-13(6-8-27)32-20-24-14-4-3-12(22)9-15(14)33-20/h3-4,9,11,13H,5-8,10H2,1-2H3. The van der Waals surface area contributed by atoms with Crippen molar-refractivity contribution in [3.63, 3.8) is 0 Å². The van der Waals surface area contributed by atoms with Crippen LogP contribution in [0.15, 0.2) is 34.1 Å². The van der Waals surface area contributed by atoms with Crippen molar-refractivity contribution < 1.29 is 13.9 Å². The quantitative estimate of drug-likeness (QED) is 0.443. The first-order chi connectivity index (χ1) is 15.8. The molecule has 172 valence electrons. The SMILES string of the molecule is Cn1c(=O)c2c(ncn2CC(=O)N2CCC(Oc3nc4ccc(F)cc4s3)CC2)n(C)c1=O. The first kappa shape index (κ1) is 21.3. The number of halogens is 1. The Hall–Kier alpha value is -3.54. The number of aryl methyl sites for hydroxylation is 1. The number of rotatable bonds is 4. The van der Waals surface area contributed by atoms with E-state index in [2.05, 4.69) is 9.97 Å². The summed E-state index contributed by atoms with van der Waals surface area (Å²) >= 11 is 1.30. The molecule has 0 spiro atoms. The number of ether oxygens (including phenoxy) is 1. The highest BCUT2D eigenvalue weighted by molar-refractivity contribution is 7.20. The van der Waals surface area contributed by atoms with Crippen molar-refractivity contribution in [1.82, 2.24) is 28.6 Å². The Kier molecular flexibility index (Phi) is 5.23. The summed E-state index contributed by atoms with van der Waals surface area (Å²) in [6.07, 6.45) is 2.60. The lowest BCUT2D eigenvalue weighted by molar-refractivity contribution is -0.133. The molecule has 0 aliphatic carbocycles. The third-order valence-corrected chi connectivity index (χ3v) is 6.82. The van der Waals surface area contributed by atoms with E-state index in [0.717, 1.165) is 9.27 Å². The molecule has 1 fully saturated rings. The minimum Gasteiger partial charge on any atom is -0.467 e. The third-order valence-electron chi connectivity index (χ3n) is 5.92. The number of fused-ring (bicyclic) bond motifs is 2. The molecular formula is C21H21FN6O4S. The van der Waals surface area contributed by atoms with Gasteiger partial charge in [-0.25, -0.2) is 19.2 Å². The number of nitrogens with zero attached hydrogens (tertiary/aromatic N) is 6. The van der Waals surface area contributed by atoms with E-state index in [1.165, 1.54) is 53.0 Å². The number of benzene rings is 1. The molecule has 1 saturated heterocycles. The molecule has 10 nitrogen and oxygen atoms in total. The van der Waals surface area contributed by atoms with E-state index in [-0.39, 0.29) is 35.5 Å².